The van der Waals surface area contributed by atoms with Crippen LogP contribution < -0.4 is 10.1 Å². The number of carbonyl (C=O) groups excluding carboxylic acids is 1. The summed E-state index contributed by atoms with van der Waals surface area (Å²) in [6.07, 6.45) is 1.01. The molecule has 25 heavy (non-hydrogen) atoms. The van der Waals surface area contributed by atoms with Crippen LogP contribution in [-0.2, 0) is 0 Å². The molecule has 130 valence electrons. The molecule has 3 aromatic rings. The highest BCUT2D eigenvalue weighted by Gasteiger charge is 2.12. The summed E-state index contributed by atoms with van der Waals surface area (Å²) >= 11 is 7.56. The fourth-order valence-electron chi connectivity index (χ4n) is 2.30. The molecule has 0 unspecified atom stereocenters. The van der Waals surface area contributed by atoms with Gasteiger partial charge in [-0.05, 0) is 56.2 Å². The van der Waals surface area contributed by atoms with Gasteiger partial charge in [-0.3, -0.25) is 10.1 Å². The maximum Gasteiger partial charge on any atom is 0.257 e. The number of nitrogens with zero attached hydrogens (tertiary/aromatic N) is 1. The number of amides is 1. The van der Waals surface area contributed by atoms with Gasteiger partial charge in [-0.15, -0.1) is 0 Å². The van der Waals surface area contributed by atoms with Crippen molar-refractivity contribution in [2.75, 3.05) is 5.32 Å². The number of rotatable bonds is 5. The summed E-state index contributed by atoms with van der Waals surface area (Å²) in [7, 11) is 0. The summed E-state index contributed by atoms with van der Waals surface area (Å²) in [6.45, 7) is 6.01. The van der Waals surface area contributed by atoms with Gasteiger partial charge in [0.05, 0.1) is 16.3 Å². The van der Waals surface area contributed by atoms with E-state index in [4.69, 9.17) is 16.3 Å². The molecule has 1 N–H and O–H groups in total. The number of halogens is 1. The van der Waals surface area contributed by atoms with Gasteiger partial charge < -0.3 is 4.74 Å². The normalized spacial score (nSPS) is 12.2. The maximum atomic E-state index is 12.5. The van der Waals surface area contributed by atoms with E-state index in [1.54, 1.807) is 12.1 Å². The van der Waals surface area contributed by atoms with Gasteiger partial charge >= 0.3 is 0 Å². The highest BCUT2D eigenvalue weighted by Crippen LogP contribution is 2.30. The lowest BCUT2D eigenvalue weighted by Crippen LogP contribution is -2.13. The number of aromatic nitrogens is 1. The minimum Gasteiger partial charge on any atom is -0.491 e. The van der Waals surface area contributed by atoms with Crippen LogP contribution >= 0.6 is 22.9 Å². The van der Waals surface area contributed by atoms with Crippen molar-refractivity contribution >= 4 is 44.2 Å². The number of aryl methyl sites for hydroxylation is 1. The van der Waals surface area contributed by atoms with Crippen LogP contribution in [0, 0.1) is 6.92 Å². The number of benzene rings is 2. The monoisotopic (exact) mass is 374 g/mol. The summed E-state index contributed by atoms with van der Waals surface area (Å²) in [6, 6.07) is 11.0. The summed E-state index contributed by atoms with van der Waals surface area (Å²) < 4.78 is 6.76. The first-order chi connectivity index (χ1) is 12.0. The van der Waals surface area contributed by atoms with Crippen molar-refractivity contribution in [3.63, 3.8) is 0 Å². The SMILES string of the molecule is CC[C@H](C)Oc1cccc(C(=O)Nc2nc3cc(Cl)c(C)cc3s2)c1. The molecule has 0 saturated carbocycles. The van der Waals surface area contributed by atoms with Crippen molar-refractivity contribution in [1.29, 1.82) is 0 Å². The Morgan fingerprint density at radius 2 is 2.16 bits per heavy atom. The van der Waals surface area contributed by atoms with Gasteiger partial charge in [0.2, 0.25) is 0 Å². The molecule has 0 aliphatic heterocycles. The number of thiazole rings is 1. The van der Waals surface area contributed by atoms with Gasteiger partial charge in [0.25, 0.3) is 5.91 Å². The summed E-state index contributed by atoms with van der Waals surface area (Å²) in [4.78, 5) is 16.9. The molecular weight excluding hydrogens is 356 g/mol. The number of ether oxygens (including phenoxy) is 1. The van der Waals surface area contributed by atoms with E-state index in [-0.39, 0.29) is 12.0 Å². The average Bonchev–Trinajstić information content (AvgIpc) is 2.96. The highest BCUT2D eigenvalue weighted by molar-refractivity contribution is 7.22. The fraction of sp³-hybridized carbons (Fsp3) is 0.263. The number of fused-ring (bicyclic) bond motifs is 1. The van der Waals surface area contributed by atoms with Crippen molar-refractivity contribution in [2.24, 2.45) is 0 Å². The first-order valence-electron chi connectivity index (χ1n) is 8.11. The molecule has 0 aliphatic rings. The van der Waals surface area contributed by atoms with Gasteiger partial charge in [-0.2, -0.15) is 0 Å². The van der Waals surface area contributed by atoms with Crippen LogP contribution in [0.15, 0.2) is 36.4 Å². The lowest BCUT2D eigenvalue weighted by molar-refractivity contribution is 0.102. The Morgan fingerprint density at radius 1 is 1.36 bits per heavy atom. The second-order valence-corrected chi connectivity index (χ2v) is 7.34. The van der Waals surface area contributed by atoms with E-state index in [1.807, 2.05) is 38.1 Å². The van der Waals surface area contributed by atoms with Gasteiger partial charge in [0.1, 0.15) is 5.75 Å². The zero-order valence-corrected chi connectivity index (χ0v) is 15.9. The van der Waals surface area contributed by atoms with Crippen molar-refractivity contribution in [2.45, 2.75) is 33.3 Å². The molecule has 0 saturated heterocycles. The standard InChI is InChI=1S/C19H19ClN2O2S/c1-4-12(3)24-14-7-5-6-13(9-14)18(23)22-19-21-16-10-15(20)11(2)8-17(16)25-19/h5-10,12H,4H2,1-3H3,(H,21,22,23)/t12-/m0/s1. The molecule has 1 aromatic heterocycles. The minimum atomic E-state index is -0.212. The molecule has 0 fully saturated rings. The van der Waals surface area contributed by atoms with Crippen LogP contribution in [-0.4, -0.2) is 17.0 Å². The van der Waals surface area contributed by atoms with Crippen LogP contribution in [0.3, 0.4) is 0 Å². The zero-order valence-electron chi connectivity index (χ0n) is 14.3. The van der Waals surface area contributed by atoms with Crippen LogP contribution in [0.1, 0.15) is 36.2 Å². The predicted molar refractivity (Wildman–Crippen MR) is 104 cm³/mol. The summed E-state index contributed by atoms with van der Waals surface area (Å²) in [5, 5.41) is 4.07. The van der Waals surface area contributed by atoms with Gasteiger partial charge in [0, 0.05) is 10.6 Å². The van der Waals surface area contributed by atoms with Gasteiger partial charge in [0.15, 0.2) is 5.13 Å². The lowest BCUT2D eigenvalue weighted by Gasteiger charge is -2.13. The Kier molecular flexibility index (Phi) is 5.25. The second kappa shape index (κ2) is 7.42. The fourth-order valence-corrected chi connectivity index (χ4v) is 3.40. The topological polar surface area (TPSA) is 51.2 Å². The van der Waals surface area contributed by atoms with Crippen molar-refractivity contribution in [1.82, 2.24) is 4.98 Å². The van der Waals surface area contributed by atoms with E-state index in [9.17, 15) is 4.79 Å². The summed E-state index contributed by atoms with van der Waals surface area (Å²) in [5.74, 6) is 0.477. The quantitative estimate of drug-likeness (QED) is 0.624. The van der Waals surface area contributed by atoms with E-state index < -0.39 is 0 Å². The third kappa shape index (κ3) is 4.11. The zero-order chi connectivity index (χ0) is 18.0. The van der Waals surface area contributed by atoms with E-state index in [2.05, 4.69) is 17.2 Å². The molecule has 3 rings (SSSR count). The Hall–Kier alpha value is -2.11. The van der Waals surface area contributed by atoms with Crippen molar-refractivity contribution in [3.05, 3.63) is 52.5 Å². The van der Waals surface area contributed by atoms with Crippen molar-refractivity contribution < 1.29 is 9.53 Å². The first-order valence-corrected chi connectivity index (χ1v) is 9.30. The minimum absolute atomic E-state index is 0.107. The molecule has 0 bridgehead atoms. The van der Waals surface area contributed by atoms with Crippen LogP contribution in [0.5, 0.6) is 5.75 Å². The Balaban J connectivity index is 1.79. The summed E-state index contributed by atoms with van der Waals surface area (Å²) in [5.41, 5.74) is 2.31. The molecule has 0 spiro atoms. The van der Waals surface area contributed by atoms with Crippen LogP contribution in [0.4, 0.5) is 5.13 Å². The Morgan fingerprint density at radius 3 is 2.92 bits per heavy atom. The maximum absolute atomic E-state index is 12.5. The Labute approximate surface area is 155 Å². The van der Waals surface area contributed by atoms with E-state index in [0.29, 0.717) is 21.5 Å². The molecule has 1 amide bonds. The van der Waals surface area contributed by atoms with E-state index in [1.165, 1.54) is 11.3 Å². The molecular formula is C19H19ClN2O2S. The lowest BCUT2D eigenvalue weighted by atomic mass is 10.2. The molecule has 2 aromatic carbocycles. The number of hydrogen-bond acceptors (Lipinski definition) is 4. The number of nitrogens with one attached hydrogen (secondary N) is 1. The second-order valence-electron chi connectivity index (χ2n) is 5.91. The first kappa shape index (κ1) is 17.7. The third-order valence-electron chi connectivity index (χ3n) is 3.90. The van der Waals surface area contributed by atoms with Gasteiger partial charge in [-0.1, -0.05) is 35.9 Å². The molecule has 0 radical (unpaired) electrons. The molecule has 6 heteroatoms. The van der Waals surface area contributed by atoms with Crippen LogP contribution in [0.2, 0.25) is 5.02 Å². The van der Waals surface area contributed by atoms with Crippen molar-refractivity contribution in [3.8, 4) is 5.75 Å². The number of anilines is 1. The van der Waals surface area contributed by atoms with E-state index >= 15 is 0 Å². The molecule has 0 aliphatic carbocycles. The predicted octanol–water partition coefficient (Wildman–Crippen LogP) is 5.69. The molecule has 1 atom stereocenters. The Bertz CT molecular complexity index is 884. The van der Waals surface area contributed by atoms with E-state index in [0.717, 1.165) is 22.2 Å². The molecule has 4 nitrogen and oxygen atoms in total. The average molecular weight is 375 g/mol. The largest absolute Gasteiger partial charge is 0.491 e. The van der Waals surface area contributed by atoms with Gasteiger partial charge in [-0.25, -0.2) is 4.98 Å². The number of hydrogen-bond donors (Lipinski definition) is 1. The smallest absolute Gasteiger partial charge is 0.257 e. The van der Waals surface area contributed by atoms with Crippen LogP contribution in [0.25, 0.3) is 10.2 Å². The highest BCUT2D eigenvalue weighted by atomic mass is 35.5. The number of carbonyl (C=O) groups is 1. The molecule has 1 heterocycles. The third-order valence-corrected chi connectivity index (χ3v) is 5.24.